The molecule has 5 nitrogen and oxygen atoms in total. The van der Waals surface area contributed by atoms with E-state index in [0.717, 1.165) is 0 Å². The van der Waals surface area contributed by atoms with Crippen molar-refractivity contribution in [3.05, 3.63) is 75.8 Å². The molecule has 128 valence electrons. The molecule has 0 atom stereocenters. The Kier molecular flexibility index (Phi) is 5.35. The van der Waals surface area contributed by atoms with Gasteiger partial charge in [0.1, 0.15) is 28.1 Å². The zero-order valence-electron chi connectivity index (χ0n) is 13.5. The summed E-state index contributed by atoms with van der Waals surface area (Å²) in [5.74, 6) is 0.0289. The molecule has 0 unspecified atom stereocenters. The Bertz CT molecular complexity index is 868. The molecule has 0 saturated carbocycles. The lowest BCUT2D eigenvalue weighted by Gasteiger charge is -2.05. The molecule has 0 fully saturated rings. The number of hydrogen-bond donors (Lipinski definition) is 1. The topological polar surface area (TPSA) is 64.1 Å². The predicted molar refractivity (Wildman–Crippen MR) is 93.0 cm³/mol. The highest BCUT2D eigenvalue weighted by Gasteiger charge is 2.16. The summed E-state index contributed by atoms with van der Waals surface area (Å²) in [5, 5.41) is 3.42. The van der Waals surface area contributed by atoms with E-state index in [1.54, 1.807) is 49.6 Å². The molecule has 2 aromatic heterocycles. The summed E-state index contributed by atoms with van der Waals surface area (Å²) >= 11 is 1.26. The molecule has 7 heteroatoms. The van der Waals surface area contributed by atoms with Crippen LogP contribution in [0, 0.1) is 12.7 Å². The van der Waals surface area contributed by atoms with E-state index >= 15 is 0 Å². The van der Waals surface area contributed by atoms with Crippen molar-refractivity contribution in [1.82, 2.24) is 15.3 Å². The average Bonchev–Trinajstić information content (AvgIpc) is 3.01. The van der Waals surface area contributed by atoms with Crippen molar-refractivity contribution >= 4 is 17.2 Å². The zero-order valence-corrected chi connectivity index (χ0v) is 14.3. The number of nitrogens with one attached hydrogen (secondary N) is 1. The van der Waals surface area contributed by atoms with Crippen LogP contribution in [0.15, 0.2) is 48.8 Å². The first-order chi connectivity index (χ1) is 12.1. The van der Waals surface area contributed by atoms with E-state index in [0.29, 0.717) is 26.9 Å². The van der Waals surface area contributed by atoms with Gasteiger partial charge in [-0.25, -0.2) is 9.37 Å². The fourth-order valence-electron chi connectivity index (χ4n) is 2.20. The third-order valence-corrected chi connectivity index (χ3v) is 4.57. The van der Waals surface area contributed by atoms with Crippen LogP contribution >= 0.6 is 11.3 Å². The van der Waals surface area contributed by atoms with Crippen LogP contribution in [0.4, 0.5) is 4.39 Å². The largest absolute Gasteiger partial charge is 0.485 e. The molecular formula is C18H16FN3O2S. The maximum Gasteiger partial charge on any atom is 0.263 e. The van der Waals surface area contributed by atoms with E-state index in [4.69, 9.17) is 4.74 Å². The number of rotatable bonds is 6. The summed E-state index contributed by atoms with van der Waals surface area (Å²) in [6.07, 6.45) is 3.28. The summed E-state index contributed by atoms with van der Waals surface area (Å²) in [4.78, 5) is 21.2. The fourth-order valence-corrected chi connectivity index (χ4v) is 3.09. The number of carbonyl (C=O) groups is 1. The highest BCUT2D eigenvalue weighted by atomic mass is 32.1. The summed E-state index contributed by atoms with van der Waals surface area (Å²) in [7, 11) is 0. The maximum absolute atomic E-state index is 13.6. The minimum absolute atomic E-state index is 0.129. The third kappa shape index (κ3) is 4.39. The Labute approximate surface area is 148 Å². The van der Waals surface area contributed by atoms with Gasteiger partial charge in [-0.3, -0.25) is 9.78 Å². The van der Waals surface area contributed by atoms with Crippen LogP contribution in [0.3, 0.4) is 0 Å². The second-order valence-corrected chi connectivity index (χ2v) is 6.36. The van der Waals surface area contributed by atoms with Gasteiger partial charge < -0.3 is 10.1 Å². The minimum Gasteiger partial charge on any atom is -0.485 e. The fraction of sp³-hybridized carbons (Fsp3) is 0.167. The van der Waals surface area contributed by atoms with Crippen LogP contribution in [0.25, 0.3) is 0 Å². The molecule has 3 aromatic rings. The second-order valence-electron chi connectivity index (χ2n) is 5.27. The molecule has 1 N–H and O–H groups in total. The van der Waals surface area contributed by atoms with Crippen LogP contribution in [0.2, 0.25) is 0 Å². The van der Waals surface area contributed by atoms with Crippen LogP contribution in [-0.4, -0.2) is 15.9 Å². The Hall–Kier alpha value is -2.80. The Morgan fingerprint density at radius 3 is 2.88 bits per heavy atom. The summed E-state index contributed by atoms with van der Waals surface area (Å²) in [5.41, 5.74) is 1.07. The maximum atomic E-state index is 13.6. The van der Waals surface area contributed by atoms with Gasteiger partial charge in [0, 0.05) is 18.3 Å². The summed E-state index contributed by atoms with van der Waals surface area (Å²) < 4.78 is 19.2. The molecule has 0 saturated heterocycles. The number of halogens is 1. The van der Waals surface area contributed by atoms with Gasteiger partial charge in [-0.1, -0.05) is 18.2 Å². The molecule has 1 aromatic carbocycles. The number of aromatic nitrogens is 2. The molecule has 3 rings (SSSR count). The molecule has 0 aliphatic heterocycles. The van der Waals surface area contributed by atoms with Crippen molar-refractivity contribution in [3.8, 4) is 5.75 Å². The lowest BCUT2D eigenvalue weighted by molar-refractivity contribution is 0.0954. The van der Waals surface area contributed by atoms with Crippen molar-refractivity contribution in [2.24, 2.45) is 0 Å². The lowest BCUT2D eigenvalue weighted by atomic mass is 10.2. The molecule has 0 bridgehead atoms. The first kappa shape index (κ1) is 17.0. The van der Waals surface area contributed by atoms with E-state index in [1.165, 1.54) is 17.4 Å². The van der Waals surface area contributed by atoms with Crippen LogP contribution < -0.4 is 10.1 Å². The summed E-state index contributed by atoms with van der Waals surface area (Å²) in [6, 6.07) is 9.94. The van der Waals surface area contributed by atoms with E-state index < -0.39 is 0 Å². The number of ether oxygens (including phenoxy) is 1. The number of hydrogen-bond acceptors (Lipinski definition) is 5. The van der Waals surface area contributed by atoms with Gasteiger partial charge in [0.2, 0.25) is 0 Å². The number of benzene rings is 1. The number of pyridine rings is 1. The summed E-state index contributed by atoms with van der Waals surface area (Å²) in [6.45, 7) is 2.16. The van der Waals surface area contributed by atoms with Gasteiger partial charge in [-0.15, -0.1) is 11.3 Å². The van der Waals surface area contributed by atoms with Crippen LogP contribution in [0.1, 0.15) is 25.9 Å². The van der Waals surface area contributed by atoms with Gasteiger partial charge in [0.15, 0.2) is 0 Å². The Morgan fingerprint density at radius 1 is 1.28 bits per heavy atom. The van der Waals surface area contributed by atoms with Gasteiger partial charge in [0.05, 0.1) is 11.9 Å². The van der Waals surface area contributed by atoms with Crippen LogP contribution in [-0.2, 0) is 13.2 Å². The Balaban J connectivity index is 1.61. The molecule has 0 aliphatic rings. The molecule has 0 aliphatic carbocycles. The standard InChI is InChI=1S/C18H16FN3O2S/c1-12-17(18(23)21-9-13-5-2-3-7-15(13)19)25-16(22-12)11-24-14-6-4-8-20-10-14/h2-8,10H,9,11H2,1H3,(H,21,23). The zero-order chi connectivity index (χ0) is 17.6. The minimum atomic E-state index is -0.339. The van der Waals surface area contributed by atoms with E-state index in [-0.39, 0.29) is 24.9 Å². The highest BCUT2D eigenvalue weighted by Crippen LogP contribution is 2.20. The van der Waals surface area contributed by atoms with Gasteiger partial charge in [-0.05, 0) is 25.1 Å². The van der Waals surface area contributed by atoms with Crippen molar-refractivity contribution in [2.45, 2.75) is 20.1 Å². The molecular weight excluding hydrogens is 341 g/mol. The molecule has 25 heavy (non-hydrogen) atoms. The van der Waals surface area contributed by atoms with Gasteiger partial charge in [-0.2, -0.15) is 0 Å². The molecule has 0 spiro atoms. The smallest absolute Gasteiger partial charge is 0.263 e. The van der Waals surface area contributed by atoms with Crippen molar-refractivity contribution < 1.29 is 13.9 Å². The van der Waals surface area contributed by atoms with E-state index in [1.807, 2.05) is 0 Å². The van der Waals surface area contributed by atoms with Crippen molar-refractivity contribution in [2.75, 3.05) is 0 Å². The number of carbonyl (C=O) groups excluding carboxylic acids is 1. The van der Waals surface area contributed by atoms with Crippen molar-refractivity contribution in [3.63, 3.8) is 0 Å². The SMILES string of the molecule is Cc1nc(COc2cccnc2)sc1C(=O)NCc1ccccc1F. The molecule has 1 amide bonds. The van der Waals surface area contributed by atoms with E-state index in [2.05, 4.69) is 15.3 Å². The monoisotopic (exact) mass is 357 g/mol. The number of aryl methyl sites for hydroxylation is 1. The highest BCUT2D eigenvalue weighted by molar-refractivity contribution is 7.13. The first-order valence-corrected chi connectivity index (χ1v) is 8.46. The molecule has 2 heterocycles. The van der Waals surface area contributed by atoms with Gasteiger partial charge >= 0.3 is 0 Å². The second kappa shape index (κ2) is 7.85. The normalized spacial score (nSPS) is 10.5. The number of nitrogens with zero attached hydrogens (tertiary/aromatic N) is 2. The number of amides is 1. The van der Waals surface area contributed by atoms with E-state index in [9.17, 15) is 9.18 Å². The Morgan fingerprint density at radius 2 is 2.12 bits per heavy atom. The van der Waals surface area contributed by atoms with Gasteiger partial charge in [0.25, 0.3) is 5.91 Å². The average molecular weight is 357 g/mol. The predicted octanol–water partition coefficient (Wildman–Crippen LogP) is 3.49. The van der Waals surface area contributed by atoms with Crippen LogP contribution in [0.5, 0.6) is 5.75 Å². The third-order valence-electron chi connectivity index (χ3n) is 3.44. The van der Waals surface area contributed by atoms with Crippen molar-refractivity contribution in [1.29, 1.82) is 0 Å². The quantitative estimate of drug-likeness (QED) is 0.733. The number of thiazole rings is 1. The lowest BCUT2D eigenvalue weighted by Crippen LogP contribution is -2.23. The molecule has 0 radical (unpaired) electrons. The first-order valence-electron chi connectivity index (χ1n) is 7.64.